The maximum Gasteiger partial charge on any atom is 0.256 e. The number of aromatic nitrogens is 2. The molecule has 1 aromatic carbocycles. The number of aryl methyl sites for hydroxylation is 1. The Kier molecular flexibility index (Phi) is 3.48. The summed E-state index contributed by atoms with van der Waals surface area (Å²) in [4.78, 5) is 12.2. The smallest absolute Gasteiger partial charge is 0.256 e. The van der Waals surface area contributed by atoms with Crippen LogP contribution in [0.25, 0.3) is 0 Å². The number of hydrogen-bond acceptors (Lipinski definition) is 4. The molecule has 0 spiro atoms. The third kappa shape index (κ3) is 2.71. The molecule has 0 unspecified atom stereocenters. The Hall–Kier alpha value is -2.41. The fourth-order valence-corrected chi connectivity index (χ4v) is 1.71. The number of hydrogen-bond donors (Lipinski definition) is 4. The molecule has 0 atom stereocenters. The van der Waals surface area contributed by atoms with Gasteiger partial charge in [-0.1, -0.05) is 12.2 Å². The second-order valence-electron chi connectivity index (χ2n) is 3.98. The molecule has 0 fully saturated rings. The molecule has 0 saturated carbocycles. The van der Waals surface area contributed by atoms with Gasteiger partial charge < -0.3 is 16.2 Å². The second-order valence-corrected chi connectivity index (χ2v) is 4.42. The summed E-state index contributed by atoms with van der Waals surface area (Å²) in [6.07, 6.45) is 1.44. The molecule has 1 aromatic heterocycles. The molecule has 2 aromatic rings. The van der Waals surface area contributed by atoms with E-state index >= 15 is 0 Å². The topological polar surface area (TPSA) is 104 Å². The van der Waals surface area contributed by atoms with Gasteiger partial charge in [0.15, 0.2) is 0 Å². The molecule has 7 heteroatoms. The van der Waals surface area contributed by atoms with E-state index in [0.717, 1.165) is 0 Å². The minimum absolute atomic E-state index is 0.141. The van der Waals surface area contributed by atoms with Crippen LogP contribution in [-0.4, -0.2) is 26.2 Å². The third-order valence-corrected chi connectivity index (χ3v) is 2.82. The minimum Gasteiger partial charge on any atom is -0.508 e. The van der Waals surface area contributed by atoms with Gasteiger partial charge >= 0.3 is 0 Å². The Morgan fingerprint density at radius 1 is 1.53 bits per heavy atom. The van der Waals surface area contributed by atoms with Crippen LogP contribution < -0.4 is 11.1 Å². The normalized spacial score (nSPS) is 10.2. The van der Waals surface area contributed by atoms with E-state index in [9.17, 15) is 9.90 Å². The quantitative estimate of drug-likeness (QED) is 0.633. The lowest BCUT2D eigenvalue weighted by atomic mass is 10.1. The fraction of sp³-hybridized carbons (Fsp3) is 0.0833. The monoisotopic (exact) mass is 276 g/mol. The van der Waals surface area contributed by atoms with Crippen LogP contribution in [0.5, 0.6) is 5.75 Å². The number of benzene rings is 1. The number of thiocarbonyl (C=S) groups is 1. The number of rotatable bonds is 3. The maximum absolute atomic E-state index is 12.0. The highest BCUT2D eigenvalue weighted by Crippen LogP contribution is 2.18. The number of H-pyrrole nitrogens is 1. The molecule has 2 rings (SSSR count). The van der Waals surface area contributed by atoms with Gasteiger partial charge in [0.2, 0.25) is 0 Å². The highest BCUT2D eigenvalue weighted by molar-refractivity contribution is 7.80. The van der Waals surface area contributed by atoms with Crippen molar-refractivity contribution in [2.75, 3.05) is 5.32 Å². The first-order chi connectivity index (χ1) is 8.99. The molecule has 0 saturated heterocycles. The van der Waals surface area contributed by atoms with E-state index in [4.69, 9.17) is 18.0 Å². The number of carbonyl (C=O) groups excluding carboxylic acids is 1. The van der Waals surface area contributed by atoms with Gasteiger partial charge in [0.25, 0.3) is 5.91 Å². The molecule has 0 radical (unpaired) electrons. The van der Waals surface area contributed by atoms with Gasteiger partial charge in [-0.05, 0) is 30.7 Å². The van der Waals surface area contributed by atoms with E-state index in [1.165, 1.54) is 18.3 Å². The molecule has 5 N–H and O–H groups in total. The van der Waals surface area contributed by atoms with Crippen LogP contribution >= 0.6 is 12.2 Å². The van der Waals surface area contributed by atoms with E-state index in [0.29, 0.717) is 22.5 Å². The summed E-state index contributed by atoms with van der Waals surface area (Å²) < 4.78 is 0. The Balaban J connectivity index is 2.23. The summed E-state index contributed by atoms with van der Waals surface area (Å²) in [5.74, 6) is 0.148. The van der Waals surface area contributed by atoms with E-state index in [2.05, 4.69) is 15.5 Å². The van der Waals surface area contributed by atoms with Crippen LogP contribution in [0.15, 0.2) is 24.4 Å². The number of aromatic amines is 1. The predicted molar refractivity (Wildman–Crippen MR) is 75.3 cm³/mol. The first kappa shape index (κ1) is 13.0. The average molecular weight is 276 g/mol. The second kappa shape index (κ2) is 5.07. The Morgan fingerprint density at radius 3 is 2.89 bits per heavy atom. The number of anilines is 1. The lowest BCUT2D eigenvalue weighted by Gasteiger charge is -2.06. The molecule has 98 valence electrons. The van der Waals surface area contributed by atoms with Crippen LogP contribution in [0.3, 0.4) is 0 Å². The molecule has 1 amide bonds. The van der Waals surface area contributed by atoms with Gasteiger partial charge in [-0.15, -0.1) is 0 Å². The third-order valence-electron chi connectivity index (χ3n) is 2.60. The standard InChI is InChI=1S/C12H12N4O2S/c1-6-4-7(2-3-9(6)17)12(18)15-11-8(10(13)19)5-14-16-11/h2-5,17H,1H3,(H2,13,19)(H2,14,15,16,18). The summed E-state index contributed by atoms with van der Waals surface area (Å²) in [5.41, 5.74) is 7.01. The van der Waals surface area contributed by atoms with E-state index < -0.39 is 0 Å². The molecule has 0 aliphatic rings. The molecule has 0 bridgehead atoms. The highest BCUT2D eigenvalue weighted by atomic mass is 32.1. The van der Waals surface area contributed by atoms with Crippen molar-refractivity contribution in [1.82, 2.24) is 10.2 Å². The first-order valence-electron chi connectivity index (χ1n) is 5.43. The van der Waals surface area contributed by atoms with Crippen LogP contribution in [0.4, 0.5) is 5.82 Å². The SMILES string of the molecule is Cc1cc(C(=O)Nc2[nH]ncc2C(N)=S)ccc1O. The zero-order chi connectivity index (χ0) is 14.0. The molecule has 0 aliphatic heterocycles. The molecule has 6 nitrogen and oxygen atoms in total. The number of aromatic hydroxyl groups is 1. The molecular weight excluding hydrogens is 264 g/mol. The number of nitrogens with zero attached hydrogens (tertiary/aromatic N) is 1. The van der Waals surface area contributed by atoms with Crippen molar-refractivity contribution in [2.45, 2.75) is 6.92 Å². The summed E-state index contributed by atoms with van der Waals surface area (Å²) in [6.45, 7) is 1.71. The summed E-state index contributed by atoms with van der Waals surface area (Å²) in [5, 5.41) is 18.4. The summed E-state index contributed by atoms with van der Waals surface area (Å²) in [7, 11) is 0. The number of amides is 1. The van der Waals surface area contributed by atoms with Crippen molar-refractivity contribution in [3.05, 3.63) is 41.1 Å². The number of nitrogens with one attached hydrogen (secondary N) is 2. The lowest BCUT2D eigenvalue weighted by Crippen LogP contribution is -2.17. The molecule has 19 heavy (non-hydrogen) atoms. The van der Waals surface area contributed by atoms with Crippen molar-refractivity contribution in [3.8, 4) is 5.75 Å². The van der Waals surface area contributed by atoms with E-state index in [1.54, 1.807) is 13.0 Å². The van der Waals surface area contributed by atoms with Gasteiger partial charge in [0.1, 0.15) is 16.6 Å². The zero-order valence-corrected chi connectivity index (χ0v) is 10.9. The van der Waals surface area contributed by atoms with E-state index in [-0.39, 0.29) is 16.6 Å². The number of phenolic OH excluding ortho intramolecular Hbond substituents is 1. The number of nitrogens with two attached hydrogens (primary N) is 1. The Labute approximate surface area is 114 Å². The molecular formula is C12H12N4O2S. The highest BCUT2D eigenvalue weighted by Gasteiger charge is 2.13. The minimum atomic E-state index is -0.343. The van der Waals surface area contributed by atoms with Crippen molar-refractivity contribution in [1.29, 1.82) is 0 Å². The molecule has 1 heterocycles. The van der Waals surface area contributed by atoms with Crippen LogP contribution in [0.2, 0.25) is 0 Å². The van der Waals surface area contributed by atoms with E-state index in [1.807, 2.05) is 0 Å². The van der Waals surface area contributed by atoms with Crippen LogP contribution in [0, 0.1) is 6.92 Å². The zero-order valence-electron chi connectivity index (χ0n) is 10.1. The van der Waals surface area contributed by atoms with Crippen molar-refractivity contribution >= 4 is 28.9 Å². The summed E-state index contributed by atoms with van der Waals surface area (Å²) >= 11 is 4.84. The number of carbonyl (C=O) groups is 1. The Bertz CT molecular complexity index is 651. The fourth-order valence-electron chi connectivity index (χ4n) is 1.55. The van der Waals surface area contributed by atoms with Crippen molar-refractivity contribution < 1.29 is 9.90 Å². The number of phenols is 1. The largest absolute Gasteiger partial charge is 0.508 e. The maximum atomic E-state index is 12.0. The van der Waals surface area contributed by atoms with Gasteiger partial charge in [0, 0.05) is 5.56 Å². The van der Waals surface area contributed by atoms with Gasteiger partial charge in [-0.2, -0.15) is 5.10 Å². The summed E-state index contributed by atoms with van der Waals surface area (Å²) in [6, 6.07) is 4.57. The van der Waals surface area contributed by atoms with Gasteiger partial charge in [-0.25, -0.2) is 0 Å². The van der Waals surface area contributed by atoms with Crippen molar-refractivity contribution in [2.24, 2.45) is 5.73 Å². The van der Waals surface area contributed by atoms with Gasteiger partial charge in [0.05, 0.1) is 11.8 Å². The van der Waals surface area contributed by atoms with Crippen LogP contribution in [0.1, 0.15) is 21.5 Å². The van der Waals surface area contributed by atoms with Gasteiger partial charge in [-0.3, -0.25) is 9.89 Å². The van der Waals surface area contributed by atoms with Crippen molar-refractivity contribution in [3.63, 3.8) is 0 Å². The predicted octanol–water partition coefficient (Wildman–Crippen LogP) is 1.31. The first-order valence-corrected chi connectivity index (χ1v) is 5.84. The van der Waals surface area contributed by atoms with Crippen LogP contribution in [-0.2, 0) is 0 Å². The average Bonchev–Trinajstić information content (AvgIpc) is 2.80. The lowest BCUT2D eigenvalue weighted by molar-refractivity contribution is 0.102. The molecule has 0 aliphatic carbocycles. The Morgan fingerprint density at radius 2 is 2.26 bits per heavy atom.